The summed E-state index contributed by atoms with van der Waals surface area (Å²) in [4.78, 5) is 18.7. The summed E-state index contributed by atoms with van der Waals surface area (Å²) in [5.41, 5.74) is 0.469. The van der Waals surface area contributed by atoms with Crippen molar-refractivity contribution >= 4 is 28.5 Å². The van der Waals surface area contributed by atoms with Gasteiger partial charge >= 0.3 is 6.36 Å². The molecule has 0 spiro atoms. The van der Waals surface area contributed by atoms with Crippen molar-refractivity contribution in [2.75, 3.05) is 18.9 Å². The first kappa shape index (κ1) is 22.4. The van der Waals surface area contributed by atoms with Crippen LogP contribution in [-0.2, 0) is 4.79 Å². The molecule has 0 saturated heterocycles. The van der Waals surface area contributed by atoms with Crippen molar-refractivity contribution in [3.63, 3.8) is 0 Å². The third kappa shape index (κ3) is 5.08. The van der Waals surface area contributed by atoms with Crippen LogP contribution in [0.5, 0.6) is 5.75 Å². The highest BCUT2D eigenvalue weighted by Crippen LogP contribution is 2.42. The van der Waals surface area contributed by atoms with E-state index in [-0.39, 0.29) is 23.3 Å². The van der Waals surface area contributed by atoms with Crippen molar-refractivity contribution in [3.8, 4) is 5.75 Å². The van der Waals surface area contributed by atoms with Crippen LogP contribution in [0, 0.1) is 5.92 Å². The average molecular weight is 445 g/mol. The van der Waals surface area contributed by atoms with Gasteiger partial charge in [0, 0.05) is 24.5 Å². The monoisotopic (exact) mass is 445 g/mol. The van der Waals surface area contributed by atoms with Crippen LogP contribution in [0.25, 0.3) is 0 Å². The number of aliphatic hydroxyl groups excluding tert-OH is 2. The van der Waals surface area contributed by atoms with Gasteiger partial charge in [0.2, 0.25) is 5.91 Å². The molecule has 3 N–H and O–H groups in total. The first-order chi connectivity index (χ1) is 14.1. The molecule has 7 nitrogen and oxygen atoms in total. The molecular weight excluding hydrogens is 423 g/mol. The second-order valence-electron chi connectivity index (χ2n) is 7.11. The van der Waals surface area contributed by atoms with Gasteiger partial charge in [0.05, 0.1) is 18.1 Å². The fourth-order valence-electron chi connectivity index (χ4n) is 3.52. The van der Waals surface area contributed by atoms with Gasteiger partial charge < -0.3 is 25.2 Å². The number of nitrogens with zero attached hydrogens (tertiary/aromatic N) is 2. The molecule has 3 rings (SSSR count). The van der Waals surface area contributed by atoms with Crippen molar-refractivity contribution in [2.24, 2.45) is 10.9 Å². The van der Waals surface area contributed by atoms with Crippen LogP contribution >= 0.6 is 11.8 Å². The molecule has 1 heterocycles. The van der Waals surface area contributed by atoms with Gasteiger partial charge in [-0.1, -0.05) is 17.8 Å². The lowest BCUT2D eigenvalue weighted by atomic mass is 9.80. The Hall–Kier alpha value is -2.24. The molecule has 5 unspecified atom stereocenters. The first-order valence-electron chi connectivity index (χ1n) is 9.18. The van der Waals surface area contributed by atoms with Crippen molar-refractivity contribution in [1.82, 2.24) is 4.90 Å². The molecule has 11 heteroatoms. The van der Waals surface area contributed by atoms with E-state index >= 15 is 0 Å². The van der Waals surface area contributed by atoms with Crippen LogP contribution in [0.15, 0.2) is 41.9 Å². The third-order valence-corrected chi connectivity index (χ3v) is 6.23. The molecule has 1 saturated carbocycles. The number of nitrogens with one attached hydrogen (secondary N) is 1. The summed E-state index contributed by atoms with van der Waals surface area (Å²) in [5.74, 6) is -1.07. The molecule has 1 aromatic carbocycles. The van der Waals surface area contributed by atoms with E-state index in [9.17, 15) is 28.2 Å². The van der Waals surface area contributed by atoms with Crippen LogP contribution in [0.4, 0.5) is 18.9 Å². The number of amidine groups is 1. The van der Waals surface area contributed by atoms with E-state index in [1.54, 1.807) is 13.1 Å². The Morgan fingerprint density at radius 2 is 2.07 bits per heavy atom. The molecule has 0 aromatic heterocycles. The van der Waals surface area contributed by atoms with Gasteiger partial charge in [0.1, 0.15) is 11.9 Å². The van der Waals surface area contributed by atoms with E-state index in [1.165, 1.54) is 28.8 Å². The Labute approximate surface area is 175 Å². The number of hydrogen-bond acceptors (Lipinski definition) is 7. The number of rotatable bonds is 5. The third-order valence-electron chi connectivity index (χ3n) is 4.92. The van der Waals surface area contributed by atoms with Gasteiger partial charge in [0.15, 0.2) is 5.17 Å². The van der Waals surface area contributed by atoms with E-state index in [2.05, 4.69) is 21.6 Å². The molecule has 30 heavy (non-hydrogen) atoms. The minimum absolute atomic E-state index is 0.113. The van der Waals surface area contributed by atoms with Crippen LogP contribution < -0.4 is 10.1 Å². The maximum Gasteiger partial charge on any atom is 0.573 e. The van der Waals surface area contributed by atoms with Crippen LogP contribution in [-0.4, -0.2) is 69.6 Å². The molecule has 164 valence electrons. The fraction of sp³-hybridized carbons (Fsp3) is 0.474. The average Bonchev–Trinajstić information content (AvgIpc) is 3.08. The van der Waals surface area contributed by atoms with Gasteiger partial charge in [-0.2, -0.15) is 0 Å². The number of ether oxygens (including phenoxy) is 1. The highest BCUT2D eigenvalue weighted by molar-refractivity contribution is 8.15. The molecule has 0 radical (unpaired) electrons. The molecular formula is C19H22F3N3O4S. The number of aliphatic hydroxyl groups is 2. The van der Waals surface area contributed by atoms with Gasteiger partial charge in [-0.15, -0.1) is 19.8 Å². The van der Waals surface area contributed by atoms with Crippen molar-refractivity contribution in [1.29, 1.82) is 0 Å². The number of carbonyl (C=O) groups excluding carboxylic acids is 1. The predicted octanol–water partition coefficient (Wildman–Crippen LogP) is 2.22. The standard InChI is InChI=1S/C19H22F3N3O4S/c1-3-8-25(2)17(28)12-9-13(26)15(27)14-16(12)30-18(24-14)23-10-4-6-11(7-5-10)29-19(20,21)22/h3-7,12-16,26-27H,1,8-9H2,2H3,(H,23,24). The van der Waals surface area contributed by atoms with Crippen molar-refractivity contribution < 1.29 is 32.9 Å². The Morgan fingerprint density at radius 1 is 1.40 bits per heavy atom. The number of amides is 1. The number of likely N-dealkylation sites (N-methyl/N-ethyl adjacent to an activating group) is 1. The van der Waals surface area contributed by atoms with E-state index in [4.69, 9.17) is 0 Å². The lowest BCUT2D eigenvalue weighted by Gasteiger charge is -2.38. The smallest absolute Gasteiger partial charge is 0.406 e. The Kier molecular flexibility index (Phi) is 6.63. The number of carbonyl (C=O) groups is 1. The van der Waals surface area contributed by atoms with E-state index in [0.717, 1.165) is 12.1 Å². The van der Waals surface area contributed by atoms with Crippen LogP contribution in [0.2, 0.25) is 0 Å². The second kappa shape index (κ2) is 8.86. The Bertz CT molecular complexity index is 818. The Balaban J connectivity index is 1.71. The number of halogens is 3. The quantitative estimate of drug-likeness (QED) is 0.602. The summed E-state index contributed by atoms with van der Waals surface area (Å²) in [5, 5.41) is 23.6. The normalized spacial score (nSPS) is 28.3. The molecule has 1 aromatic rings. The summed E-state index contributed by atoms with van der Waals surface area (Å²) in [6.07, 6.45) is -5.26. The van der Waals surface area contributed by atoms with E-state index in [0.29, 0.717) is 17.4 Å². The number of aliphatic imine (C=N–C) groups is 1. The van der Waals surface area contributed by atoms with Gasteiger partial charge in [0.25, 0.3) is 0 Å². The zero-order chi connectivity index (χ0) is 22.1. The van der Waals surface area contributed by atoms with Gasteiger partial charge in [-0.25, -0.2) is 0 Å². The second-order valence-corrected chi connectivity index (χ2v) is 8.28. The van der Waals surface area contributed by atoms with E-state index in [1.807, 2.05) is 0 Å². The van der Waals surface area contributed by atoms with Gasteiger partial charge in [-0.3, -0.25) is 9.79 Å². The first-order valence-corrected chi connectivity index (χ1v) is 10.1. The van der Waals surface area contributed by atoms with Crippen molar-refractivity contribution in [3.05, 3.63) is 36.9 Å². The summed E-state index contributed by atoms with van der Waals surface area (Å²) in [6.45, 7) is 3.97. The molecule has 1 aliphatic heterocycles. The van der Waals surface area contributed by atoms with Gasteiger partial charge in [-0.05, 0) is 30.7 Å². The molecule has 1 aliphatic carbocycles. The lowest BCUT2D eigenvalue weighted by molar-refractivity contribution is -0.274. The molecule has 1 amide bonds. The summed E-state index contributed by atoms with van der Waals surface area (Å²) in [7, 11) is 1.64. The lowest BCUT2D eigenvalue weighted by Crippen LogP contribution is -2.54. The highest BCUT2D eigenvalue weighted by atomic mass is 32.2. The molecule has 2 aliphatic rings. The SMILES string of the molecule is C=CCN(C)C(=O)C1CC(O)C(O)C2N=C(Nc3ccc(OC(F)(F)F)cc3)SC12. The minimum atomic E-state index is -4.77. The number of fused-ring (bicyclic) bond motifs is 1. The zero-order valence-electron chi connectivity index (χ0n) is 16.0. The predicted molar refractivity (Wildman–Crippen MR) is 107 cm³/mol. The summed E-state index contributed by atoms with van der Waals surface area (Å²) in [6, 6.07) is 4.45. The molecule has 5 atom stereocenters. The number of benzene rings is 1. The largest absolute Gasteiger partial charge is 0.573 e. The summed E-state index contributed by atoms with van der Waals surface area (Å²) < 4.78 is 40.7. The molecule has 1 fully saturated rings. The minimum Gasteiger partial charge on any atom is -0.406 e. The Morgan fingerprint density at radius 3 is 2.67 bits per heavy atom. The number of anilines is 1. The maximum atomic E-state index is 12.8. The fourth-order valence-corrected chi connectivity index (χ4v) is 4.89. The van der Waals surface area contributed by atoms with Crippen molar-refractivity contribution in [2.45, 2.75) is 36.3 Å². The van der Waals surface area contributed by atoms with Crippen LogP contribution in [0.1, 0.15) is 6.42 Å². The van der Waals surface area contributed by atoms with Crippen LogP contribution in [0.3, 0.4) is 0 Å². The zero-order valence-corrected chi connectivity index (χ0v) is 16.9. The summed E-state index contributed by atoms with van der Waals surface area (Å²) >= 11 is 1.26. The highest BCUT2D eigenvalue weighted by Gasteiger charge is 2.50. The number of thioether (sulfide) groups is 1. The van der Waals surface area contributed by atoms with E-state index < -0.39 is 30.5 Å². The number of alkyl halides is 3. The molecule has 0 bridgehead atoms. The topological polar surface area (TPSA) is 94.4 Å². The maximum absolute atomic E-state index is 12.8. The number of hydrogen-bond donors (Lipinski definition) is 3.